The highest BCUT2D eigenvalue weighted by molar-refractivity contribution is 6.66. The van der Waals surface area contributed by atoms with Crippen LogP contribution in [0.5, 0.6) is 0 Å². The van der Waals surface area contributed by atoms with Gasteiger partial charge in [-0.1, -0.05) is 6.58 Å². The first kappa shape index (κ1) is 15.5. The average molecular weight is 218 g/mol. The Labute approximate surface area is 86.5 Å². The molecule has 0 spiro atoms. The van der Waals surface area contributed by atoms with Crippen molar-refractivity contribution in [1.82, 2.24) is 0 Å². The molecule has 0 aliphatic rings. The fourth-order valence-corrected chi connectivity index (χ4v) is 2.72. The molecule has 0 aliphatic carbocycles. The zero-order valence-corrected chi connectivity index (χ0v) is 10.6. The quantitative estimate of drug-likeness (QED) is 0.604. The van der Waals surface area contributed by atoms with E-state index in [1.165, 1.54) is 0 Å². The second-order valence-electron chi connectivity index (χ2n) is 2.11. The smallest absolute Gasteiger partial charge is 0.371 e. The summed E-state index contributed by atoms with van der Waals surface area (Å²) in [6, 6.07) is 0. The Balaban J connectivity index is 0. The molecule has 0 saturated carbocycles. The number of rotatable bonds is 7. The van der Waals surface area contributed by atoms with Crippen molar-refractivity contribution in [2.75, 3.05) is 19.8 Å². The van der Waals surface area contributed by atoms with Crippen LogP contribution in [0.4, 0.5) is 0 Å². The first-order valence-electron chi connectivity index (χ1n) is 4.30. The zero-order valence-electron chi connectivity index (χ0n) is 8.63. The summed E-state index contributed by atoms with van der Waals surface area (Å²) in [5.41, 5.74) is 1.67. The standard InChI is InChI=1S/C8H18O3Si.Si/c1-5-9-12(8-4,10-6-2)11-7-3;/h8H,4-7H2,1-3H3;. The first-order valence-corrected chi connectivity index (χ1v) is 6.10. The summed E-state index contributed by atoms with van der Waals surface area (Å²) in [6.07, 6.45) is 0. The summed E-state index contributed by atoms with van der Waals surface area (Å²) in [5, 5.41) is 0. The van der Waals surface area contributed by atoms with E-state index in [0.29, 0.717) is 19.8 Å². The fraction of sp³-hybridized carbons (Fsp3) is 0.750. The van der Waals surface area contributed by atoms with Crippen molar-refractivity contribution in [2.24, 2.45) is 0 Å². The van der Waals surface area contributed by atoms with Crippen LogP contribution in [0.25, 0.3) is 0 Å². The molecule has 13 heavy (non-hydrogen) atoms. The molecular weight excluding hydrogens is 200 g/mol. The van der Waals surface area contributed by atoms with Gasteiger partial charge in [0, 0.05) is 30.8 Å². The van der Waals surface area contributed by atoms with E-state index in [0.717, 1.165) is 0 Å². The highest BCUT2D eigenvalue weighted by Gasteiger charge is 2.36. The van der Waals surface area contributed by atoms with Crippen LogP contribution in [-0.2, 0) is 13.3 Å². The van der Waals surface area contributed by atoms with Crippen molar-refractivity contribution >= 4 is 19.8 Å². The zero-order chi connectivity index (χ0) is 9.45. The van der Waals surface area contributed by atoms with E-state index in [9.17, 15) is 0 Å². The molecule has 0 aromatic carbocycles. The van der Waals surface area contributed by atoms with Crippen molar-refractivity contribution in [3.05, 3.63) is 12.3 Å². The highest BCUT2D eigenvalue weighted by Crippen LogP contribution is 2.10. The maximum Gasteiger partial charge on any atom is 0.528 e. The Morgan fingerprint density at radius 2 is 1.31 bits per heavy atom. The normalized spacial score (nSPS) is 10.7. The van der Waals surface area contributed by atoms with Gasteiger partial charge in [-0.3, -0.25) is 0 Å². The van der Waals surface area contributed by atoms with Gasteiger partial charge in [-0.05, 0) is 26.5 Å². The molecule has 0 amide bonds. The minimum atomic E-state index is -2.51. The van der Waals surface area contributed by atoms with E-state index in [1.54, 1.807) is 5.70 Å². The second kappa shape index (κ2) is 8.64. The van der Waals surface area contributed by atoms with Crippen LogP contribution in [0, 0.1) is 0 Å². The molecule has 5 heteroatoms. The largest absolute Gasteiger partial charge is 0.528 e. The van der Waals surface area contributed by atoms with Crippen molar-refractivity contribution in [3.63, 3.8) is 0 Å². The van der Waals surface area contributed by atoms with Crippen molar-refractivity contribution in [2.45, 2.75) is 20.8 Å². The molecule has 0 aliphatic heterocycles. The summed E-state index contributed by atoms with van der Waals surface area (Å²) in [4.78, 5) is 0. The monoisotopic (exact) mass is 218 g/mol. The lowest BCUT2D eigenvalue weighted by atomic mass is 10.9. The van der Waals surface area contributed by atoms with E-state index in [2.05, 4.69) is 6.58 Å². The molecule has 0 unspecified atom stereocenters. The molecule has 76 valence electrons. The lowest BCUT2D eigenvalue weighted by molar-refractivity contribution is 0.0844. The topological polar surface area (TPSA) is 27.7 Å². The molecule has 0 N–H and O–H groups in total. The molecular formula is C8H18O3Si2. The van der Waals surface area contributed by atoms with Crippen LogP contribution in [0.1, 0.15) is 20.8 Å². The van der Waals surface area contributed by atoms with Crippen molar-refractivity contribution in [1.29, 1.82) is 0 Å². The van der Waals surface area contributed by atoms with Crippen LogP contribution in [0.3, 0.4) is 0 Å². The molecule has 0 heterocycles. The summed E-state index contributed by atoms with van der Waals surface area (Å²) in [6.45, 7) is 11.2. The van der Waals surface area contributed by atoms with Gasteiger partial charge >= 0.3 is 8.80 Å². The lowest BCUT2D eigenvalue weighted by Crippen LogP contribution is -2.44. The van der Waals surface area contributed by atoms with Crippen molar-refractivity contribution in [3.8, 4) is 0 Å². The molecule has 0 aromatic rings. The molecule has 0 fully saturated rings. The van der Waals surface area contributed by atoms with Crippen LogP contribution in [-0.4, -0.2) is 39.6 Å². The molecule has 3 nitrogen and oxygen atoms in total. The number of hydrogen-bond acceptors (Lipinski definition) is 3. The van der Waals surface area contributed by atoms with E-state index in [-0.39, 0.29) is 11.0 Å². The Morgan fingerprint density at radius 1 is 1.00 bits per heavy atom. The maximum atomic E-state index is 5.44. The average Bonchev–Trinajstić information content (AvgIpc) is 2.06. The summed E-state index contributed by atoms with van der Waals surface area (Å²) < 4.78 is 16.3. The summed E-state index contributed by atoms with van der Waals surface area (Å²) in [7, 11) is -2.51. The van der Waals surface area contributed by atoms with Gasteiger partial charge in [-0.2, -0.15) is 0 Å². The third-order valence-electron chi connectivity index (χ3n) is 1.29. The van der Waals surface area contributed by atoms with Crippen LogP contribution < -0.4 is 0 Å². The fourth-order valence-electron chi connectivity index (χ4n) is 0.905. The Bertz CT molecular complexity index is 114. The third-order valence-corrected chi connectivity index (χ3v) is 3.86. The van der Waals surface area contributed by atoms with Gasteiger partial charge in [0.2, 0.25) is 0 Å². The van der Waals surface area contributed by atoms with Crippen LogP contribution in [0.15, 0.2) is 12.3 Å². The van der Waals surface area contributed by atoms with Crippen LogP contribution in [0.2, 0.25) is 0 Å². The summed E-state index contributed by atoms with van der Waals surface area (Å²) in [5.74, 6) is 0. The Hall–Kier alpha value is 0.0538. The Kier molecular flexibility index (Phi) is 10.3. The minimum absolute atomic E-state index is 0. The predicted octanol–water partition coefficient (Wildman–Crippen LogP) is 1.38. The third kappa shape index (κ3) is 5.38. The van der Waals surface area contributed by atoms with Gasteiger partial charge < -0.3 is 13.3 Å². The molecule has 0 bridgehead atoms. The molecule has 0 atom stereocenters. The van der Waals surface area contributed by atoms with Gasteiger partial charge in [-0.15, -0.1) is 0 Å². The number of hydrogen-bond donors (Lipinski definition) is 0. The van der Waals surface area contributed by atoms with Gasteiger partial charge in [0.1, 0.15) is 0 Å². The summed E-state index contributed by atoms with van der Waals surface area (Å²) >= 11 is 0. The van der Waals surface area contributed by atoms with E-state index < -0.39 is 8.80 Å². The van der Waals surface area contributed by atoms with E-state index in [4.69, 9.17) is 13.3 Å². The minimum Gasteiger partial charge on any atom is -0.371 e. The SMILES string of the molecule is C=C[Si](OCC)(OCC)OCC.[Si]. The van der Waals surface area contributed by atoms with Crippen LogP contribution >= 0.6 is 0 Å². The lowest BCUT2D eigenvalue weighted by Gasteiger charge is -2.24. The maximum absolute atomic E-state index is 5.44. The predicted molar refractivity (Wildman–Crippen MR) is 56.6 cm³/mol. The Morgan fingerprint density at radius 3 is 1.46 bits per heavy atom. The van der Waals surface area contributed by atoms with E-state index in [1.807, 2.05) is 20.8 Å². The molecule has 0 saturated heterocycles. The molecule has 0 rings (SSSR count). The van der Waals surface area contributed by atoms with Gasteiger partial charge in [0.05, 0.1) is 0 Å². The van der Waals surface area contributed by atoms with Crippen molar-refractivity contribution < 1.29 is 13.3 Å². The van der Waals surface area contributed by atoms with E-state index >= 15 is 0 Å². The second-order valence-corrected chi connectivity index (χ2v) is 4.59. The molecule has 4 radical (unpaired) electrons. The van der Waals surface area contributed by atoms with Gasteiger partial charge in [0.25, 0.3) is 0 Å². The highest BCUT2D eigenvalue weighted by atomic mass is 28.4. The van der Waals surface area contributed by atoms with Gasteiger partial charge in [0.15, 0.2) is 0 Å². The molecule has 0 aromatic heterocycles. The first-order chi connectivity index (χ1) is 5.74. The van der Waals surface area contributed by atoms with Gasteiger partial charge in [-0.25, -0.2) is 0 Å².